The first-order valence-corrected chi connectivity index (χ1v) is 6.80. The smallest absolute Gasteiger partial charge is 0.151 e. The van der Waals surface area contributed by atoms with Crippen molar-refractivity contribution >= 4 is 16.1 Å². The van der Waals surface area contributed by atoms with E-state index in [4.69, 9.17) is 0 Å². The Morgan fingerprint density at radius 3 is 2.19 bits per heavy atom. The monoisotopic (exact) mass is 242 g/mol. The quantitative estimate of drug-likeness (QED) is 0.747. The third kappa shape index (κ3) is 1.87. The van der Waals surface area contributed by atoms with Gasteiger partial charge in [0, 0.05) is 18.1 Å². The normalized spacial score (nSPS) is 28.8. The lowest BCUT2D eigenvalue weighted by Gasteiger charge is -1.98. The molecule has 1 aliphatic rings. The van der Waals surface area contributed by atoms with E-state index in [1.54, 1.807) is 0 Å². The van der Waals surface area contributed by atoms with Crippen LogP contribution in [0, 0.1) is 11.7 Å². The Labute approximate surface area is 93.2 Å². The largest absolute Gasteiger partial charge is 0.303 e. The first kappa shape index (κ1) is 11.3. The van der Waals surface area contributed by atoms with E-state index in [0.29, 0.717) is 11.8 Å². The van der Waals surface area contributed by atoms with Gasteiger partial charge in [0.15, 0.2) is 9.84 Å². The predicted molar refractivity (Wildman–Crippen MR) is 57.3 cm³/mol. The molecular formula is C11H11FO3S. The summed E-state index contributed by atoms with van der Waals surface area (Å²) in [4.78, 5) is 10.7. The molecule has 0 radical (unpaired) electrons. The molecule has 0 aliphatic heterocycles. The summed E-state index contributed by atoms with van der Waals surface area (Å²) in [5.74, 6) is -1.17. The minimum absolute atomic E-state index is 0.312. The first-order valence-electron chi connectivity index (χ1n) is 4.85. The molecule has 1 saturated carbocycles. The van der Waals surface area contributed by atoms with Gasteiger partial charge in [-0.25, -0.2) is 12.8 Å². The van der Waals surface area contributed by atoms with Gasteiger partial charge in [0.25, 0.3) is 0 Å². The Morgan fingerprint density at radius 1 is 1.25 bits per heavy atom. The van der Waals surface area contributed by atoms with Gasteiger partial charge >= 0.3 is 0 Å². The van der Waals surface area contributed by atoms with Crippen molar-refractivity contribution in [3.8, 4) is 0 Å². The zero-order valence-corrected chi connectivity index (χ0v) is 9.45. The summed E-state index contributed by atoms with van der Waals surface area (Å²) in [7, 11) is -3.22. The number of halogens is 1. The fraction of sp³-hybridized carbons (Fsp3) is 0.364. The lowest BCUT2D eigenvalue weighted by molar-refractivity contribution is -0.108. The van der Waals surface area contributed by atoms with Crippen LogP contribution in [-0.4, -0.2) is 26.2 Å². The van der Waals surface area contributed by atoms with Gasteiger partial charge in [0.05, 0.1) is 5.25 Å². The maximum Gasteiger partial charge on any atom is 0.151 e. The predicted octanol–water partition coefficient (Wildman–Crippen LogP) is 1.15. The highest BCUT2D eigenvalue weighted by molar-refractivity contribution is 7.91. The Balaban J connectivity index is 2.30. The number of sulfone groups is 1. The molecule has 0 spiro atoms. The molecule has 3 nitrogen and oxygen atoms in total. The Hall–Kier alpha value is -1.23. The van der Waals surface area contributed by atoms with Gasteiger partial charge in [-0.1, -0.05) is 12.1 Å². The molecule has 1 aromatic carbocycles. The van der Waals surface area contributed by atoms with Gasteiger partial charge in [0.1, 0.15) is 12.1 Å². The lowest BCUT2D eigenvalue weighted by Crippen LogP contribution is -2.07. The number of benzene rings is 1. The second-order valence-corrected chi connectivity index (χ2v) is 6.29. The highest BCUT2D eigenvalue weighted by Crippen LogP contribution is 2.50. The summed E-state index contributed by atoms with van der Waals surface area (Å²) < 4.78 is 35.5. The van der Waals surface area contributed by atoms with Crippen LogP contribution in [0.15, 0.2) is 24.3 Å². The number of hydrogen-bond acceptors (Lipinski definition) is 3. The van der Waals surface area contributed by atoms with Crippen molar-refractivity contribution in [2.75, 3.05) is 6.26 Å². The fourth-order valence-electron chi connectivity index (χ4n) is 2.12. The molecule has 3 atom stereocenters. The van der Waals surface area contributed by atoms with E-state index in [9.17, 15) is 17.6 Å². The summed E-state index contributed by atoms with van der Waals surface area (Å²) in [6.07, 6.45) is 1.79. The van der Waals surface area contributed by atoms with Gasteiger partial charge in [0.2, 0.25) is 0 Å². The van der Waals surface area contributed by atoms with Crippen molar-refractivity contribution in [3.05, 3.63) is 35.6 Å². The SMILES string of the molecule is CS(=O)(=O)[C@@H]1[C@H](C=O)[C@@H]1c1ccc(F)cc1. The van der Waals surface area contributed by atoms with Crippen molar-refractivity contribution in [1.29, 1.82) is 0 Å². The number of aldehydes is 1. The zero-order chi connectivity index (χ0) is 11.9. The Kier molecular flexibility index (Phi) is 2.58. The molecular weight excluding hydrogens is 231 g/mol. The van der Waals surface area contributed by atoms with Crippen LogP contribution in [0.1, 0.15) is 11.5 Å². The van der Waals surface area contributed by atoms with E-state index in [0.717, 1.165) is 6.26 Å². The van der Waals surface area contributed by atoms with Gasteiger partial charge in [-0.2, -0.15) is 0 Å². The summed E-state index contributed by atoms with van der Waals surface area (Å²) >= 11 is 0. The summed E-state index contributed by atoms with van der Waals surface area (Å²) in [6.45, 7) is 0. The maximum atomic E-state index is 12.7. The number of rotatable bonds is 3. The minimum atomic E-state index is -3.22. The zero-order valence-electron chi connectivity index (χ0n) is 8.63. The van der Waals surface area contributed by atoms with E-state index in [-0.39, 0.29) is 11.7 Å². The lowest BCUT2D eigenvalue weighted by atomic mass is 10.1. The van der Waals surface area contributed by atoms with Crippen LogP contribution in [0.4, 0.5) is 4.39 Å². The van der Waals surface area contributed by atoms with Crippen molar-refractivity contribution in [2.45, 2.75) is 11.2 Å². The summed E-state index contributed by atoms with van der Waals surface area (Å²) in [5.41, 5.74) is 0.703. The molecule has 1 aliphatic carbocycles. The van der Waals surface area contributed by atoms with Crippen molar-refractivity contribution in [3.63, 3.8) is 0 Å². The van der Waals surface area contributed by atoms with Crippen LogP contribution in [0.2, 0.25) is 0 Å². The minimum Gasteiger partial charge on any atom is -0.303 e. The molecule has 0 amide bonds. The van der Waals surface area contributed by atoms with E-state index < -0.39 is 21.0 Å². The molecule has 0 bridgehead atoms. The van der Waals surface area contributed by atoms with Crippen molar-refractivity contribution < 1.29 is 17.6 Å². The van der Waals surface area contributed by atoms with Crippen LogP contribution in [0.3, 0.4) is 0 Å². The number of carbonyl (C=O) groups is 1. The number of carbonyl (C=O) groups excluding carboxylic acids is 1. The molecule has 0 saturated heterocycles. The number of hydrogen-bond donors (Lipinski definition) is 0. The molecule has 1 fully saturated rings. The second-order valence-electron chi connectivity index (χ2n) is 4.08. The van der Waals surface area contributed by atoms with Crippen LogP contribution >= 0.6 is 0 Å². The van der Waals surface area contributed by atoms with Gasteiger partial charge in [-0.15, -0.1) is 0 Å². The average Bonchev–Trinajstić information content (AvgIpc) is 2.92. The summed E-state index contributed by atoms with van der Waals surface area (Å²) in [6, 6.07) is 5.60. The third-order valence-corrected chi connectivity index (χ3v) is 4.51. The van der Waals surface area contributed by atoms with E-state index >= 15 is 0 Å². The topological polar surface area (TPSA) is 51.2 Å². The van der Waals surface area contributed by atoms with E-state index in [1.807, 2.05) is 0 Å². The third-order valence-electron chi connectivity index (χ3n) is 2.91. The standard InChI is InChI=1S/C11H11FO3S/c1-16(14,15)11-9(6-13)10(11)7-2-4-8(12)5-3-7/h2-6,9-11H,1H3/t9-,10+,11-/m1/s1. The molecule has 2 rings (SSSR count). The highest BCUT2D eigenvalue weighted by atomic mass is 32.2. The van der Waals surface area contributed by atoms with Gasteiger partial charge in [-0.3, -0.25) is 0 Å². The molecule has 5 heteroatoms. The van der Waals surface area contributed by atoms with Crippen LogP contribution in [-0.2, 0) is 14.6 Å². The van der Waals surface area contributed by atoms with Crippen molar-refractivity contribution in [1.82, 2.24) is 0 Å². The van der Waals surface area contributed by atoms with Gasteiger partial charge in [-0.05, 0) is 17.7 Å². The Bertz CT molecular complexity index is 507. The molecule has 16 heavy (non-hydrogen) atoms. The average molecular weight is 242 g/mol. The molecule has 0 heterocycles. The molecule has 1 aromatic rings. The van der Waals surface area contributed by atoms with E-state index in [1.165, 1.54) is 24.3 Å². The Morgan fingerprint density at radius 2 is 1.81 bits per heavy atom. The maximum absolute atomic E-state index is 12.7. The summed E-state index contributed by atoms with van der Waals surface area (Å²) in [5, 5.41) is -0.643. The van der Waals surface area contributed by atoms with Gasteiger partial charge < -0.3 is 4.79 Å². The molecule has 0 aromatic heterocycles. The van der Waals surface area contributed by atoms with Crippen LogP contribution < -0.4 is 0 Å². The van der Waals surface area contributed by atoms with E-state index in [2.05, 4.69) is 0 Å². The molecule has 0 unspecified atom stereocenters. The molecule has 0 N–H and O–H groups in total. The highest BCUT2D eigenvalue weighted by Gasteiger charge is 2.57. The first-order chi connectivity index (χ1) is 7.45. The van der Waals surface area contributed by atoms with Crippen molar-refractivity contribution in [2.24, 2.45) is 5.92 Å². The van der Waals surface area contributed by atoms with Crippen LogP contribution in [0.25, 0.3) is 0 Å². The van der Waals surface area contributed by atoms with Crippen LogP contribution in [0.5, 0.6) is 0 Å². The molecule has 86 valence electrons. The second kappa shape index (κ2) is 3.66. The fourth-order valence-corrected chi connectivity index (χ4v) is 3.70.